The van der Waals surface area contributed by atoms with Crippen LogP contribution in [0.4, 0.5) is 29.1 Å². The lowest BCUT2D eigenvalue weighted by molar-refractivity contribution is -0.137. The molecule has 0 spiro atoms. The average Bonchev–Trinajstić information content (AvgIpc) is 3.69. The van der Waals surface area contributed by atoms with Gasteiger partial charge in [-0.1, -0.05) is 0 Å². The van der Waals surface area contributed by atoms with Crippen molar-refractivity contribution in [3.63, 3.8) is 0 Å². The van der Waals surface area contributed by atoms with Gasteiger partial charge in [0.05, 0.1) is 28.7 Å². The van der Waals surface area contributed by atoms with Gasteiger partial charge in [0, 0.05) is 34.9 Å². The number of allylic oxidation sites excluding steroid dienone is 2. The van der Waals surface area contributed by atoms with Crippen LogP contribution in [0.1, 0.15) is 42.3 Å². The molecule has 11 heteroatoms. The van der Waals surface area contributed by atoms with Gasteiger partial charge < -0.3 is 21.8 Å². The summed E-state index contributed by atoms with van der Waals surface area (Å²) >= 11 is 0. The molecule has 3 aliphatic rings. The number of rotatable bonds is 6. The fourth-order valence-corrected chi connectivity index (χ4v) is 5.28. The van der Waals surface area contributed by atoms with Crippen LogP contribution in [-0.4, -0.2) is 34.8 Å². The summed E-state index contributed by atoms with van der Waals surface area (Å²) < 4.78 is 58.5. The van der Waals surface area contributed by atoms with Crippen molar-refractivity contribution in [3.05, 3.63) is 40.5 Å². The van der Waals surface area contributed by atoms with E-state index in [-0.39, 0.29) is 52.3 Å². The Balaban J connectivity index is 1.79. The van der Waals surface area contributed by atoms with Gasteiger partial charge >= 0.3 is 6.18 Å². The van der Waals surface area contributed by atoms with Crippen LogP contribution in [0.15, 0.2) is 12.1 Å². The number of nitrogen functional groups attached to an aromatic ring is 1. The number of alkyl halides is 3. The van der Waals surface area contributed by atoms with Gasteiger partial charge in [0.15, 0.2) is 5.82 Å². The number of nitrogens with zero attached hydrogens (tertiary/aromatic N) is 3. The van der Waals surface area contributed by atoms with Crippen molar-refractivity contribution in [1.29, 1.82) is 10.7 Å². The quantitative estimate of drug-likeness (QED) is 0.263. The molecule has 2 unspecified atom stereocenters. The Morgan fingerprint density at radius 3 is 2.53 bits per heavy atom. The molecule has 7 nitrogen and oxygen atoms in total. The minimum atomic E-state index is -4.83. The van der Waals surface area contributed by atoms with Crippen molar-refractivity contribution in [2.45, 2.75) is 38.9 Å². The van der Waals surface area contributed by atoms with Gasteiger partial charge in [0.25, 0.3) is 0 Å². The van der Waals surface area contributed by atoms with Crippen molar-refractivity contribution in [2.24, 2.45) is 17.8 Å². The summed E-state index contributed by atoms with van der Waals surface area (Å²) in [6.07, 6.45) is -2.08. The second-order valence-electron chi connectivity index (χ2n) is 9.73. The maximum atomic E-state index is 16.3. The van der Waals surface area contributed by atoms with E-state index in [0.29, 0.717) is 5.57 Å². The Bertz CT molecular complexity index is 1330. The Hall–Kier alpha value is -3.52. The second-order valence-corrected chi connectivity index (χ2v) is 9.73. The standard InChI is InChI=1S/C25H25F4N7/c1-10(5-6-30)22-18(21(32)17-14-8-33-9-15(14)17)24(35-12-3-4-12)20(26)23(36-22)13-7-16(31)34-11(2)19(13)25(27,28)29/h5,7,12,14-15,17,32-33H,3-4,8-9H2,1-2H3,(H2,31,34)(H,35,36)/b10-5+,32-21?. The maximum Gasteiger partial charge on any atom is 0.418 e. The number of fused-ring (bicyclic) bond motifs is 1. The molecule has 5 rings (SSSR count). The van der Waals surface area contributed by atoms with Gasteiger partial charge in [-0.15, -0.1) is 0 Å². The van der Waals surface area contributed by atoms with Gasteiger partial charge in [-0.2, -0.15) is 18.4 Å². The molecule has 188 valence electrons. The molecule has 0 bridgehead atoms. The monoisotopic (exact) mass is 499 g/mol. The summed E-state index contributed by atoms with van der Waals surface area (Å²) in [4.78, 5) is 8.09. The van der Waals surface area contributed by atoms with Gasteiger partial charge in [0.1, 0.15) is 11.5 Å². The highest BCUT2D eigenvalue weighted by atomic mass is 19.4. The third kappa shape index (κ3) is 4.09. The lowest BCUT2D eigenvalue weighted by atomic mass is 9.93. The van der Waals surface area contributed by atoms with Crippen molar-refractivity contribution in [2.75, 3.05) is 24.1 Å². The topological polar surface area (TPSA) is 124 Å². The zero-order chi connectivity index (χ0) is 25.9. The molecule has 1 saturated heterocycles. The molecule has 2 aliphatic carbocycles. The van der Waals surface area contributed by atoms with E-state index >= 15 is 4.39 Å². The van der Waals surface area contributed by atoms with Crippen LogP contribution >= 0.6 is 0 Å². The van der Waals surface area contributed by atoms with Crippen LogP contribution in [0.25, 0.3) is 16.8 Å². The normalized spacial score (nSPS) is 23.2. The predicted molar refractivity (Wildman–Crippen MR) is 128 cm³/mol. The SMILES string of the molecule is C/C(=C\C#N)c1nc(-c2cc(N)nc(C)c2C(F)(F)F)c(F)c(NC2CC2)c1C(=N)C1C2CNCC21. The summed E-state index contributed by atoms with van der Waals surface area (Å²) in [6.45, 7) is 4.25. The molecule has 0 radical (unpaired) electrons. The molecule has 2 atom stereocenters. The molecule has 36 heavy (non-hydrogen) atoms. The molecule has 1 aliphatic heterocycles. The van der Waals surface area contributed by atoms with E-state index in [0.717, 1.165) is 38.9 Å². The third-order valence-corrected chi connectivity index (χ3v) is 7.17. The number of hydrogen-bond donors (Lipinski definition) is 4. The average molecular weight is 500 g/mol. The smallest absolute Gasteiger partial charge is 0.384 e. The number of nitrogens with one attached hydrogen (secondary N) is 3. The summed E-state index contributed by atoms with van der Waals surface area (Å²) in [5.41, 5.74) is 3.97. The molecular formula is C25H25F4N7. The summed E-state index contributed by atoms with van der Waals surface area (Å²) in [5.74, 6) is -0.775. The van der Waals surface area contributed by atoms with Crippen LogP contribution < -0.4 is 16.4 Å². The molecule has 2 aromatic heterocycles. The van der Waals surface area contributed by atoms with E-state index in [2.05, 4.69) is 20.6 Å². The van der Waals surface area contributed by atoms with Crippen LogP contribution in [0.5, 0.6) is 0 Å². The molecule has 5 N–H and O–H groups in total. The van der Waals surface area contributed by atoms with Crippen molar-refractivity contribution in [3.8, 4) is 17.3 Å². The number of pyridine rings is 2. The highest BCUT2D eigenvalue weighted by molar-refractivity contribution is 6.10. The lowest BCUT2D eigenvalue weighted by Gasteiger charge is -2.22. The number of hydrogen-bond acceptors (Lipinski definition) is 7. The highest BCUT2D eigenvalue weighted by Gasteiger charge is 2.56. The van der Waals surface area contributed by atoms with Crippen LogP contribution in [-0.2, 0) is 6.18 Å². The van der Waals surface area contributed by atoms with Crippen LogP contribution in [0.2, 0.25) is 0 Å². The zero-order valence-corrected chi connectivity index (χ0v) is 19.7. The maximum absolute atomic E-state index is 16.3. The number of aryl methyl sites for hydroxylation is 1. The molecule has 0 amide bonds. The zero-order valence-electron chi connectivity index (χ0n) is 19.7. The van der Waals surface area contributed by atoms with E-state index in [1.54, 1.807) is 6.92 Å². The van der Waals surface area contributed by atoms with E-state index in [9.17, 15) is 18.4 Å². The first-order valence-electron chi connectivity index (χ1n) is 11.7. The summed E-state index contributed by atoms with van der Waals surface area (Å²) in [6, 6.07) is 2.83. The van der Waals surface area contributed by atoms with Gasteiger partial charge in [-0.25, -0.2) is 14.4 Å². The van der Waals surface area contributed by atoms with Crippen molar-refractivity contribution < 1.29 is 17.6 Å². The highest BCUT2D eigenvalue weighted by Crippen LogP contribution is 2.52. The predicted octanol–water partition coefficient (Wildman–Crippen LogP) is 4.53. The van der Waals surface area contributed by atoms with Gasteiger partial charge in [0.2, 0.25) is 0 Å². The van der Waals surface area contributed by atoms with Crippen LogP contribution in [0, 0.1) is 47.2 Å². The van der Waals surface area contributed by atoms with Gasteiger partial charge in [-0.05, 0) is 63.3 Å². The number of halogens is 4. The van der Waals surface area contributed by atoms with E-state index in [1.807, 2.05) is 6.07 Å². The first-order valence-corrected chi connectivity index (χ1v) is 11.7. The first-order chi connectivity index (χ1) is 17.0. The van der Waals surface area contributed by atoms with E-state index < -0.39 is 34.5 Å². The Labute approximate surface area is 205 Å². The molecule has 2 saturated carbocycles. The summed E-state index contributed by atoms with van der Waals surface area (Å²) in [5, 5.41) is 24.7. The van der Waals surface area contributed by atoms with Gasteiger partial charge in [-0.3, -0.25) is 0 Å². The molecule has 3 heterocycles. The number of nitrogens with two attached hydrogens (primary N) is 1. The van der Waals surface area contributed by atoms with Crippen molar-refractivity contribution in [1.82, 2.24) is 15.3 Å². The minimum Gasteiger partial charge on any atom is -0.384 e. The van der Waals surface area contributed by atoms with Crippen molar-refractivity contribution >= 4 is 22.8 Å². The second kappa shape index (κ2) is 8.55. The largest absolute Gasteiger partial charge is 0.418 e. The molecule has 3 fully saturated rings. The number of aromatic nitrogens is 2. The van der Waals surface area contributed by atoms with E-state index in [4.69, 9.17) is 11.1 Å². The Morgan fingerprint density at radius 1 is 1.28 bits per heavy atom. The van der Waals surface area contributed by atoms with E-state index in [1.165, 1.54) is 6.08 Å². The van der Waals surface area contributed by atoms with Crippen LogP contribution in [0.3, 0.4) is 0 Å². The molecule has 2 aromatic rings. The fraction of sp³-hybridized carbons (Fsp3) is 0.440. The Morgan fingerprint density at radius 2 is 1.94 bits per heavy atom. The minimum absolute atomic E-state index is 0.0488. The number of anilines is 2. The molecule has 0 aromatic carbocycles. The number of nitriles is 1. The summed E-state index contributed by atoms with van der Waals surface area (Å²) in [7, 11) is 0. The lowest BCUT2D eigenvalue weighted by Crippen LogP contribution is -2.22. The third-order valence-electron chi connectivity index (χ3n) is 7.17. The Kier molecular flexibility index (Phi) is 5.75. The first kappa shape index (κ1) is 24.2. The number of piperidine rings is 1. The fourth-order valence-electron chi connectivity index (χ4n) is 5.28. The molecular weight excluding hydrogens is 474 g/mol.